The molecule has 1 heterocycles. The first-order valence-electron chi connectivity index (χ1n) is 3.85. The minimum Gasteiger partial charge on any atom is -0.376 e. The molecule has 0 saturated heterocycles. The predicted molar refractivity (Wildman–Crippen MR) is 49.8 cm³/mol. The topological polar surface area (TPSA) is 46.1 Å². The summed E-state index contributed by atoms with van der Waals surface area (Å²) in [5.41, 5.74) is 1.45. The van der Waals surface area contributed by atoms with Gasteiger partial charge in [-0.1, -0.05) is 0 Å². The lowest BCUT2D eigenvalue weighted by atomic mass is 10.3. The van der Waals surface area contributed by atoms with E-state index in [1.807, 2.05) is 19.0 Å². The Bertz CT molecular complexity index is 306. The van der Waals surface area contributed by atoms with Gasteiger partial charge >= 0.3 is 0 Å². The Hall–Kier alpha value is -1.71. The first-order valence-corrected chi connectivity index (χ1v) is 3.85. The number of nitrogens with zero attached hydrogens (tertiary/aromatic N) is 3. The monoisotopic (exact) mass is 177 g/mol. The van der Waals surface area contributed by atoms with Crippen LogP contribution in [0.25, 0.3) is 5.70 Å². The van der Waals surface area contributed by atoms with Crippen molar-refractivity contribution in [2.75, 3.05) is 14.1 Å². The second kappa shape index (κ2) is 4.35. The Morgan fingerprint density at radius 2 is 2.23 bits per heavy atom. The van der Waals surface area contributed by atoms with Gasteiger partial charge in [0, 0.05) is 32.6 Å². The van der Waals surface area contributed by atoms with Crippen molar-refractivity contribution in [1.82, 2.24) is 14.9 Å². The zero-order valence-electron chi connectivity index (χ0n) is 7.64. The molecule has 1 aromatic heterocycles. The van der Waals surface area contributed by atoms with Crippen LogP contribution in [0.2, 0.25) is 0 Å². The fourth-order valence-electron chi connectivity index (χ4n) is 0.959. The van der Waals surface area contributed by atoms with Crippen LogP contribution in [0.4, 0.5) is 0 Å². The number of aldehydes is 1. The maximum atomic E-state index is 10.3. The molecule has 0 radical (unpaired) electrons. The largest absolute Gasteiger partial charge is 0.376 e. The van der Waals surface area contributed by atoms with Crippen LogP contribution in [0, 0.1) is 0 Å². The van der Waals surface area contributed by atoms with Gasteiger partial charge in [0.1, 0.15) is 12.0 Å². The molecule has 0 aliphatic rings. The minimum absolute atomic E-state index is 0.694. The van der Waals surface area contributed by atoms with Crippen LogP contribution in [0.5, 0.6) is 0 Å². The second-order valence-electron chi connectivity index (χ2n) is 2.67. The summed E-state index contributed by atoms with van der Waals surface area (Å²) < 4.78 is 0. The van der Waals surface area contributed by atoms with E-state index in [4.69, 9.17) is 0 Å². The van der Waals surface area contributed by atoms with Gasteiger partial charge in [-0.2, -0.15) is 0 Å². The van der Waals surface area contributed by atoms with Gasteiger partial charge in [0.05, 0.1) is 11.9 Å². The molecule has 1 rings (SSSR count). The quantitative estimate of drug-likeness (QED) is 0.500. The van der Waals surface area contributed by atoms with Crippen molar-refractivity contribution in [3.63, 3.8) is 0 Å². The van der Waals surface area contributed by atoms with E-state index in [1.54, 1.807) is 18.6 Å². The molecule has 1 aromatic rings. The molecule has 0 bridgehead atoms. The van der Waals surface area contributed by atoms with Gasteiger partial charge in [0.25, 0.3) is 0 Å². The van der Waals surface area contributed by atoms with Crippen LogP contribution in [0.1, 0.15) is 5.69 Å². The smallest absolute Gasteiger partial charge is 0.144 e. The molecular weight excluding hydrogens is 166 g/mol. The number of aromatic nitrogens is 2. The molecule has 0 saturated carbocycles. The van der Waals surface area contributed by atoms with Crippen LogP contribution in [0.15, 0.2) is 24.7 Å². The van der Waals surface area contributed by atoms with Crippen molar-refractivity contribution < 1.29 is 4.79 Å². The number of carbonyl (C=O) groups is 1. The standard InChI is InChI=1S/C9H11N3O/c1-12(2)9(3-6-13)8-7-10-4-5-11-8/h3-7H,1-2H3. The zero-order chi connectivity index (χ0) is 9.68. The summed E-state index contributed by atoms with van der Waals surface area (Å²) in [6, 6.07) is 0. The molecule has 68 valence electrons. The number of rotatable bonds is 3. The van der Waals surface area contributed by atoms with Crippen molar-refractivity contribution in [2.45, 2.75) is 0 Å². The Balaban J connectivity index is 3.03. The number of hydrogen-bond donors (Lipinski definition) is 0. The lowest BCUT2D eigenvalue weighted by Crippen LogP contribution is -2.11. The molecule has 0 aliphatic carbocycles. The van der Waals surface area contributed by atoms with E-state index in [2.05, 4.69) is 9.97 Å². The van der Waals surface area contributed by atoms with Gasteiger partial charge in [-0.3, -0.25) is 14.8 Å². The van der Waals surface area contributed by atoms with Gasteiger partial charge in [0.15, 0.2) is 0 Å². The molecule has 4 heteroatoms. The summed E-state index contributed by atoms with van der Waals surface area (Å²) in [5, 5.41) is 0. The van der Waals surface area contributed by atoms with Crippen LogP contribution in [-0.4, -0.2) is 35.2 Å². The zero-order valence-corrected chi connectivity index (χ0v) is 7.64. The molecule has 13 heavy (non-hydrogen) atoms. The van der Waals surface area contributed by atoms with E-state index in [9.17, 15) is 4.79 Å². The van der Waals surface area contributed by atoms with Crippen molar-refractivity contribution in [2.24, 2.45) is 0 Å². The highest BCUT2D eigenvalue weighted by molar-refractivity contribution is 5.79. The van der Waals surface area contributed by atoms with E-state index < -0.39 is 0 Å². The lowest BCUT2D eigenvalue weighted by Gasteiger charge is -2.14. The SMILES string of the molecule is CN(C)C(=CC=O)c1cnccn1. The van der Waals surface area contributed by atoms with Crippen LogP contribution in [0.3, 0.4) is 0 Å². The summed E-state index contributed by atoms with van der Waals surface area (Å²) in [5.74, 6) is 0. The highest BCUT2D eigenvalue weighted by Crippen LogP contribution is 2.10. The third-order valence-corrected chi connectivity index (χ3v) is 1.53. The average molecular weight is 177 g/mol. The number of allylic oxidation sites excluding steroid dienone is 1. The van der Waals surface area contributed by atoms with Crippen LogP contribution in [-0.2, 0) is 4.79 Å². The lowest BCUT2D eigenvalue weighted by molar-refractivity contribution is -0.104. The van der Waals surface area contributed by atoms with E-state index in [1.165, 1.54) is 6.08 Å². The summed E-state index contributed by atoms with van der Waals surface area (Å²) in [6.07, 6.45) is 7.01. The van der Waals surface area contributed by atoms with E-state index in [0.29, 0.717) is 5.69 Å². The summed E-state index contributed by atoms with van der Waals surface area (Å²) in [4.78, 5) is 20.2. The average Bonchev–Trinajstić information content (AvgIpc) is 2.15. The maximum absolute atomic E-state index is 10.3. The molecule has 4 nitrogen and oxygen atoms in total. The Kier molecular flexibility index (Phi) is 3.14. The third-order valence-electron chi connectivity index (χ3n) is 1.53. The minimum atomic E-state index is 0.694. The van der Waals surface area contributed by atoms with Gasteiger partial charge in [-0.05, 0) is 0 Å². The highest BCUT2D eigenvalue weighted by Gasteiger charge is 2.03. The molecule has 0 fully saturated rings. The first-order chi connectivity index (χ1) is 6.25. The molecule has 0 aromatic carbocycles. The van der Waals surface area contributed by atoms with E-state index in [0.717, 1.165) is 12.0 Å². The maximum Gasteiger partial charge on any atom is 0.144 e. The molecular formula is C9H11N3O. The Labute approximate surface area is 76.9 Å². The molecule has 0 atom stereocenters. The Morgan fingerprint density at radius 1 is 1.46 bits per heavy atom. The van der Waals surface area contributed by atoms with Gasteiger partial charge < -0.3 is 4.90 Å². The summed E-state index contributed by atoms with van der Waals surface area (Å²) >= 11 is 0. The van der Waals surface area contributed by atoms with Crippen molar-refractivity contribution >= 4 is 12.0 Å². The van der Waals surface area contributed by atoms with Crippen molar-refractivity contribution in [3.8, 4) is 0 Å². The van der Waals surface area contributed by atoms with Gasteiger partial charge in [-0.15, -0.1) is 0 Å². The first kappa shape index (κ1) is 9.38. The normalized spacial score (nSPS) is 11.1. The fourth-order valence-corrected chi connectivity index (χ4v) is 0.959. The van der Waals surface area contributed by atoms with Crippen LogP contribution >= 0.6 is 0 Å². The Morgan fingerprint density at radius 3 is 2.69 bits per heavy atom. The fraction of sp³-hybridized carbons (Fsp3) is 0.222. The number of hydrogen-bond acceptors (Lipinski definition) is 4. The summed E-state index contributed by atoms with van der Waals surface area (Å²) in [7, 11) is 3.70. The molecule has 0 amide bonds. The molecule has 0 aliphatic heterocycles. The second-order valence-corrected chi connectivity index (χ2v) is 2.67. The molecule has 0 unspecified atom stereocenters. The van der Waals surface area contributed by atoms with Crippen LogP contribution < -0.4 is 0 Å². The van der Waals surface area contributed by atoms with E-state index >= 15 is 0 Å². The van der Waals surface area contributed by atoms with Gasteiger partial charge in [-0.25, -0.2) is 0 Å². The highest BCUT2D eigenvalue weighted by atomic mass is 16.1. The molecule has 0 spiro atoms. The van der Waals surface area contributed by atoms with Gasteiger partial charge in [0.2, 0.25) is 0 Å². The van der Waals surface area contributed by atoms with E-state index in [-0.39, 0.29) is 0 Å². The summed E-state index contributed by atoms with van der Waals surface area (Å²) in [6.45, 7) is 0. The third kappa shape index (κ3) is 2.37. The van der Waals surface area contributed by atoms with Crippen molar-refractivity contribution in [3.05, 3.63) is 30.4 Å². The van der Waals surface area contributed by atoms with Crippen molar-refractivity contribution in [1.29, 1.82) is 0 Å². The number of carbonyl (C=O) groups excluding carboxylic acids is 1. The predicted octanol–water partition coefficient (Wildman–Crippen LogP) is 0.578. The molecule has 0 N–H and O–H groups in total.